The van der Waals surface area contributed by atoms with Gasteiger partial charge in [0, 0.05) is 11.5 Å². The van der Waals surface area contributed by atoms with E-state index in [2.05, 4.69) is 10.3 Å². The molecule has 1 aromatic heterocycles. The van der Waals surface area contributed by atoms with Gasteiger partial charge in [0.2, 0.25) is 5.88 Å². The second kappa shape index (κ2) is 7.49. The molecule has 24 heavy (non-hydrogen) atoms. The summed E-state index contributed by atoms with van der Waals surface area (Å²) in [5, 5.41) is 13.2. The van der Waals surface area contributed by atoms with Gasteiger partial charge in [-0.15, -0.1) is 0 Å². The lowest BCUT2D eigenvalue weighted by Gasteiger charge is -2.22. The van der Waals surface area contributed by atoms with Crippen LogP contribution >= 0.6 is 0 Å². The number of aliphatic hydroxyl groups is 1. The third-order valence-corrected chi connectivity index (χ3v) is 3.36. The van der Waals surface area contributed by atoms with Gasteiger partial charge in [-0.3, -0.25) is 0 Å². The van der Waals surface area contributed by atoms with E-state index < -0.39 is 17.7 Å². The quantitative estimate of drug-likeness (QED) is 0.880. The van der Waals surface area contributed by atoms with E-state index >= 15 is 0 Å². The number of benzene rings is 1. The molecular weight excluding hydrogens is 308 g/mol. The second-order valence-corrected chi connectivity index (χ2v) is 6.61. The molecule has 2 aromatic rings. The molecule has 0 fully saturated rings. The van der Waals surface area contributed by atoms with E-state index in [4.69, 9.17) is 9.47 Å². The van der Waals surface area contributed by atoms with Gasteiger partial charge in [-0.05, 0) is 51.0 Å². The first-order valence-electron chi connectivity index (χ1n) is 7.85. The topological polar surface area (TPSA) is 80.7 Å². The molecule has 6 nitrogen and oxygen atoms in total. The van der Waals surface area contributed by atoms with E-state index in [9.17, 15) is 9.90 Å². The average Bonchev–Trinajstić information content (AvgIpc) is 2.51. The summed E-state index contributed by atoms with van der Waals surface area (Å²) in [5.74, 6) is 0.565. The molecule has 0 unspecified atom stereocenters. The summed E-state index contributed by atoms with van der Waals surface area (Å²) >= 11 is 0. The Morgan fingerprint density at radius 3 is 2.67 bits per heavy atom. The highest BCUT2D eigenvalue weighted by atomic mass is 16.6. The fourth-order valence-electron chi connectivity index (χ4n) is 2.32. The zero-order chi connectivity index (χ0) is 17.7. The molecule has 0 radical (unpaired) electrons. The predicted molar refractivity (Wildman–Crippen MR) is 92.2 cm³/mol. The minimum Gasteiger partial charge on any atom is -0.481 e. The number of fused-ring (bicyclic) bond motifs is 1. The van der Waals surface area contributed by atoms with Crippen molar-refractivity contribution in [3.05, 3.63) is 35.9 Å². The molecule has 0 aliphatic rings. The SMILES string of the molecule is COc1ccc2cc(C[C@@H](CO)NC(=O)OC(C)(C)C)ccc2n1. The largest absolute Gasteiger partial charge is 0.481 e. The Bertz CT molecular complexity index is 710. The number of nitrogens with zero attached hydrogens (tertiary/aromatic N) is 1. The molecule has 0 saturated heterocycles. The number of amides is 1. The van der Waals surface area contributed by atoms with E-state index in [1.807, 2.05) is 24.3 Å². The monoisotopic (exact) mass is 332 g/mol. The van der Waals surface area contributed by atoms with Crippen molar-refractivity contribution >= 4 is 17.0 Å². The van der Waals surface area contributed by atoms with Crippen LogP contribution in [-0.2, 0) is 11.2 Å². The van der Waals surface area contributed by atoms with Crippen LogP contribution in [0.4, 0.5) is 4.79 Å². The molecule has 130 valence electrons. The van der Waals surface area contributed by atoms with Crippen molar-refractivity contribution in [1.82, 2.24) is 10.3 Å². The molecule has 1 atom stereocenters. The van der Waals surface area contributed by atoms with E-state index in [0.717, 1.165) is 16.5 Å². The molecule has 6 heteroatoms. The summed E-state index contributed by atoms with van der Waals surface area (Å²) in [6, 6.07) is 9.13. The highest BCUT2D eigenvalue weighted by molar-refractivity contribution is 5.79. The van der Waals surface area contributed by atoms with Gasteiger partial charge < -0.3 is 19.9 Å². The maximum atomic E-state index is 11.8. The predicted octanol–water partition coefficient (Wildman–Crippen LogP) is 2.67. The Kier molecular flexibility index (Phi) is 5.62. The number of carbonyl (C=O) groups is 1. The summed E-state index contributed by atoms with van der Waals surface area (Å²) in [7, 11) is 1.58. The lowest BCUT2D eigenvalue weighted by molar-refractivity contribution is 0.0483. The first-order valence-corrected chi connectivity index (χ1v) is 7.85. The molecule has 0 saturated carbocycles. The molecule has 0 aliphatic carbocycles. The zero-order valence-corrected chi connectivity index (χ0v) is 14.5. The molecule has 1 heterocycles. The number of ether oxygens (including phenoxy) is 2. The van der Waals surface area contributed by atoms with Crippen LogP contribution < -0.4 is 10.1 Å². The van der Waals surface area contributed by atoms with Gasteiger partial charge in [-0.25, -0.2) is 9.78 Å². The molecule has 0 spiro atoms. The number of aliphatic hydroxyl groups excluding tert-OH is 1. The summed E-state index contributed by atoms with van der Waals surface area (Å²) in [5.41, 5.74) is 1.25. The fourth-order valence-corrected chi connectivity index (χ4v) is 2.32. The van der Waals surface area contributed by atoms with Crippen molar-refractivity contribution < 1.29 is 19.4 Å². The number of nitrogens with one attached hydrogen (secondary N) is 1. The van der Waals surface area contributed by atoms with E-state index in [1.54, 1.807) is 33.9 Å². The number of rotatable bonds is 5. The summed E-state index contributed by atoms with van der Waals surface area (Å²) in [6.45, 7) is 5.22. The van der Waals surface area contributed by atoms with E-state index in [-0.39, 0.29) is 6.61 Å². The number of methoxy groups -OCH3 is 1. The zero-order valence-electron chi connectivity index (χ0n) is 14.5. The van der Waals surface area contributed by atoms with Crippen molar-refractivity contribution in [2.45, 2.75) is 38.8 Å². The molecule has 2 rings (SSSR count). The second-order valence-electron chi connectivity index (χ2n) is 6.61. The van der Waals surface area contributed by atoms with Gasteiger partial charge >= 0.3 is 6.09 Å². The van der Waals surface area contributed by atoms with Crippen molar-refractivity contribution in [2.24, 2.45) is 0 Å². The fraction of sp³-hybridized carbons (Fsp3) is 0.444. The van der Waals surface area contributed by atoms with Crippen molar-refractivity contribution in [3.63, 3.8) is 0 Å². The summed E-state index contributed by atoms with van der Waals surface area (Å²) in [6.07, 6.45) is -0.0358. The maximum absolute atomic E-state index is 11.8. The molecule has 0 bridgehead atoms. The van der Waals surface area contributed by atoms with E-state index in [0.29, 0.717) is 12.3 Å². The number of carbonyl (C=O) groups excluding carboxylic acids is 1. The molecule has 0 aliphatic heterocycles. The number of alkyl carbamates (subject to hydrolysis) is 1. The molecular formula is C18H24N2O4. The van der Waals surface area contributed by atoms with Crippen LogP contribution in [0, 0.1) is 0 Å². The van der Waals surface area contributed by atoms with Gasteiger partial charge in [0.1, 0.15) is 5.60 Å². The Balaban J connectivity index is 2.07. The van der Waals surface area contributed by atoms with Crippen LogP contribution in [0.2, 0.25) is 0 Å². The van der Waals surface area contributed by atoms with Crippen molar-refractivity contribution in [3.8, 4) is 5.88 Å². The van der Waals surface area contributed by atoms with Crippen LogP contribution in [0.5, 0.6) is 5.88 Å². The van der Waals surface area contributed by atoms with Gasteiger partial charge in [-0.1, -0.05) is 6.07 Å². The Labute approximate surface area is 141 Å². The Morgan fingerprint density at radius 2 is 2.04 bits per heavy atom. The maximum Gasteiger partial charge on any atom is 0.407 e. The van der Waals surface area contributed by atoms with Crippen LogP contribution in [0.1, 0.15) is 26.3 Å². The smallest absolute Gasteiger partial charge is 0.407 e. The third-order valence-electron chi connectivity index (χ3n) is 3.36. The summed E-state index contributed by atoms with van der Waals surface area (Å²) in [4.78, 5) is 16.2. The normalized spacial score (nSPS) is 12.7. The van der Waals surface area contributed by atoms with Gasteiger partial charge in [-0.2, -0.15) is 0 Å². The van der Waals surface area contributed by atoms with Gasteiger partial charge in [0.15, 0.2) is 0 Å². The minimum atomic E-state index is -0.572. The van der Waals surface area contributed by atoms with Crippen LogP contribution in [0.25, 0.3) is 10.9 Å². The van der Waals surface area contributed by atoms with Gasteiger partial charge in [0.05, 0.1) is 25.3 Å². The lowest BCUT2D eigenvalue weighted by Crippen LogP contribution is -2.42. The standard InChI is InChI=1S/C18H24N2O4/c1-18(2,3)24-17(22)19-14(11-21)10-12-5-7-15-13(9-12)6-8-16(20-15)23-4/h5-9,14,21H,10-11H2,1-4H3,(H,19,22)/t14-/m0/s1. The highest BCUT2D eigenvalue weighted by Gasteiger charge is 2.19. The number of hydrogen-bond acceptors (Lipinski definition) is 5. The van der Waals surface area contributed by atoms with Crippen molar-refractivity contribution in [2.75, 3.05) is 13.7 Å². The molecule has 1 amide bonds. The van der Waals surface area contributed by atoms with Gasteiger partial charge in [0.25, 0.3) is 0 Å². The Morgan fingerprint density at radius 1 is 1.29 bits per heavy atom. The number of hydrogen-bond donors (Lipinski definition) is 2. The third kappa shape index (κ3) is 5.09. The first kappa shape index (κ1) is 18.0. The van der Waals surface area contributed by atoms with Crippen LogP contribution in [-0.4, -0.2) is 41.5 Å². The molecule has 2 N–H and O–H groups in total. The molecule has 1 aromatic carbocycles. The first-order chi connectivity index (χ1) is 11.3. The summed E-state index contributed by atoms with van der Waals surface area (Å²) < 4.78 is 10.3. The highest BCUT2D eigenvalue weighted by Crippen LogP contribution is 2.19. The lowest BCUT2D eigenvalue weighted by atomic mass is 10.0. The van der Waals surface area contributed by atoms with Crippen molar-refractivity contribution in [1.29, 1.82) is 0 Å². The van der Waals surface area contributed by atoms with Crippen LogP contribution in [0.15, 0.2) is 30.3 Å². The average molecular weight is 332 g/mol. The van der Waals surface area contributed by atoms with Crippen LogP contribution in [0.3, 0.4) is 0 Å². The number of pyridine rings is 1. The number of aromatic nitrogens is 1. The minimum absolute atomic E-state index is 0.169. The van der Waals surface area contributed by atoms with E-state index in [1.165, 1.54) is 0 Å². The Hall–Kier alpha value is -2.34.